The predicted octanol–water partition coefficient (Wildman–Crippen LogP) is 4.09. The molecular weight excluding hydrogens is 236 g/mol. The Morgan fingerprint density at radius 2 is 2.07 bits per heavy atom. The molecule has 0 amide bonds. The summed E-state index contributed by atoms with van der Waals surface area (Å²) in [6, 6.07) is 4.36. The minimum atomic E-state index is -0.320. The van der Waals surface area contributed by atoms with Crippen molar-refractivity contribution in [2.75, 3.05) is 0 Å². The zero-order valence-corrected chi connectivity index (χ0v) is 10.2. The van der Waals surface area contributed by atoms with Crippen molar-refractivity contribution in [2.24, 2.45) is 5.73 Å². The van der Waals surface area contributed by atoms with Crippen LogP contribution in [0.5, 0.6) is 0 Å². The molecule has 0 saturated carbocycles. The lowest BCUT2D eigenvalue weighted by Gasteiger charge is -2.11. The highest BCUT2D eigenvalue weighted by Gasteiger charge is 2.07. The van der Waals surface area contributed by atoms with Gasteiger partial charge in [0.1, 0.15) is 5.82 Å². The molecule has 0 aliphatic rings. The Bertz CT molecular complexity index is 284. The standard InChI is InChI=1S/C11H15ClFN.ClH/c1-2-3-4-11(14)8-5-9(12)7-10(13)6-8;/h5-7,11H,2-4,14H2,1H3;1H/t11-;/m1./s1. The molecule has 1 aromatic rings. The van der Waals surface area contributed by atoms with E-state index in [2.05, 4.69) is 6.92 Å². The Kier molecular flexibility index (Phi) is 6.90. The van der Waals surface area contributed by atoms with Gasteiger partial charge >= 0.3 is 0 Å². The Balaban J connectivity index is 0.00000196. The van der Waals surface area contributed by atoms with Crippen LogP contribution in [0.4, 0.5) is 4.39 Å². The van der Waals surface area contributed by atoms with Crippen LogP contribution in [0, 0.1) is 5.82 Å². The summed E-state index contributed by atoms with van der Waals surface area (Å²) in [4.78, 5) is 0. The molecule has 0 radical (unpaired) electrons. The van der Waals surface area contributed by atoms with Crippen LogP contribution < -0.4 is 5.73 Å². The summed E-state index contributed by atoms with van der Waals surface area (Å²) in [5, 5.41) is 0.409. The molecule has 0 heterocycles. The zero-order valence-electron chi connectivity index (χ0n) is 8.67. The molecule has 86 valence electrons. The Morgan fingerprint density at radius 3 is 2.60 bits per heavy atom. The van der Waals surface area contributed by atoms with E-state index in [-0.39, 0.29) is 24.3 Å². The van der Waals surface area contributed by atoms with Crippen molar-refractivity contribution in [3.8, 4) is 0 Å². The van der Waals surface area contributed by atoms with Gasteiger partial charge in [0, 0.05) is 11.1 Å². The predicted molar refractivity (Wildman–Crippen MR) is 65.1 cm³/mol. The normalized spacial score (nSPS) is 12.0. The summed E-state index contributed by atoms with van der Waals surface area (Å²) < 4.78 is 13.0. The number of halogens is 3. The highest BCUT2D eigenvalue weighted by atomic mass is 35.5. The van der Waals surface area contributed by atoms with Crippen molar-refractivity contribution in [1.82, 2.24) is 0 Å². The summed E-state index contributed by atoms with van der Waals surface area (Å²) in [7, 11) is 0. The smallest absolute Gasteiger partial charge is 0.125 e. The summed E-state index contributed by atoms with van der Waals surface area (Å²) in [5.41, 5.74) is 6.67. The van der Waals surface area contributed by atoms with Crippen LogP contribution in [0.2, 0.25) is 5.02 Å². The van der Waals surface area contributed by atoms with Gasteiger partial charge in [0.15, 0.2) is 0 Å². The van der Waals surface area contributed by atoms with Gasteiger partial charge in [-0.2, -0.15) is 0 Å². The topological polar surface area (TPSA) is 26.0 Å². The SMILES string of the molecule is CCCC[C@@H](N)c1cc(F)cc(Cl)c1.Cl. The van der Waals surface area contributed by atoms with Gasteiger partial charge < -0.3 is 5.73 Å². The number of hydrogen-bond donors (Lipinski definition) is 1. The third kappa shape index (κ3) is 4.83. The summed E-state index contributed by atoms with van der Waals surface area (Å²) in [6.45, 7) is 2.10. The van der Waals surface area contributed by atoms with Gasteiger partial charge in [-0.3, -0.25) is 0 Å². The van der Waals surface area contributed by atoms with Crippen molar-refractivity contribution >= 4 is 24.0 Å². The number of rotatable bonds is 4. The largest absolute Gasteiger partial charge is 0.324 e. The minimum absolute atomic E-state index is 0. The number of unbranched alkanes of at least 4 members (excludes halogenated alkanes) is 1. The fraction of sp³-hybridized carbons (Fsp3) is 0.455. The first-order valence-electron chi connectivity index (χ1n) is 4.85. The second kappa shape index (κ2) is 7.04. The molecule has 1 nitrogen and oxygen atoms in total. The Morgan fingerprint density at radius 1 is 1.40 bits per heavy atom. The van der Waals surface area contributed by atoms with Crippen molar-refractivity contribution in [3.63, 3.8) is 0 Å². The monoisotopic (exact) mass is 251 g/mol. The van der Waals surface area contributed by atoms with Crippen molar-refractivity contribution in [2.45, 2.75) is 32.2 Å². The third-order valence-corrected chi connectivity index (χ3v) is 2.40. The molecule has 0 spiro atoms. The van der Waals surface area contributed by atoms with E-state index >= 15 is 0 Å². The molecule has 1 atom stereocenters. The van der Waals surface area contributed by atoms with E-state index < -0.39 is 0 Å². The fourth-order valence-electron chi connectivity index (χ4n) is 1.38. The van der Waals surface area contributed by atoms with Crippen LogP contribution in [0.25, 0.3) is 0 Å². The first-order chi connectivity index (χ1) is 6.63. The quantitative estimate of drug-likeness (QED) is 0.858. The van der Waals surface area contributed by atoms with Gasteiger partial charge in [-0.15, -0.1) is 12.4 Å². The number of nitrogens with two attached hydrogens (primary N) is 1. The lowest BCUT2D eigenvalue weighted by atomic mass is 10.0. The van der Waals surface area contributed by atoms with Crippen molar-refractivity contribution in [3.05, 3.63) is 34.6 Å². The van der Waals surface area contributed by atoms with E-state index in [0.29, 0.717) is 5.02 Å². The minimum Gasteiger partial charge on any atom is -0.324 e. The molecule has 4 heteroatoms. The maximum Gasteiger partial charge on any atom is 0.125 e. The first kappa shape index (κ1) is 14.7. The lowest BCUT2D eigenvalue weighted by molar-refractivity contribution is 0.588. The maximum absolute atomic E-state index is 13.0. The fourth-order valence-corrected chi connectivity index (χ4v) is 1.61. The average Bonchev–Trinajstić information content (AvgIpc) is 2.12. The Hall–Kier alpha value is -0.310. The van der Waals surface area contributed by atoms with Crippen LogP contribution >= 0.6 is 24.0 Å². The lowest BCUT2D eigenvalue weighted by Crippen LogP contribution is -2.10. The molecule has 1 rings (SSSR count). The van der Waals surface area contributed by atoms with E-state index in [1.807, 2.05) is 0 Å². The molecule has 0 aromatic heterocycles. The molecule has 0 saturated heterocycles. The van der Waals surface area contributed by atoms with Crippen LogP contribution in [0.1, 0.15) is 37.8 Å². The summed E-state index contributed by atoms with van der Waals surface area (Å²) in [5.74, 6) is -0.320. The molecule has 0 aliphatic heterocycles. The molecule has 2 N–H and O–H groups in total. The number of hydrogen-bond acceptors (Lipinski definition) is 1. The molecule has 15 heavy (non-hydrogen) atoms. The van der Waals surface area contributed by atoms with Crippen LogP contribution in [-0.4, -0.2) is 0 Å². The second-order valence-corrected chi connectivity index (χ2v) is 3.89. The molecule has 0 aliphatic carbocycles. The zero-order chi connectivity index (χ0) is 10.6. The highest BCUT2D eigenvalue weighted by molar-refractivity contribution is 6.30. The first-order valence-corrected chi connectivity index (χ1v) is 5.23. The van der Waals surface area contributed by atoms with Gasteiger partial charge in [-0.05, 0) is 30.2 Å². The van der Waals surface area contributed by atoms with Crippen LogP contribution in [-0.2, 0) is 0 Å². The molecule has 0 unspecified atom stereocenters. The average molecular weight is 252 g/mol. The van der Waals surface area contributed by atoms with E-state index in [1.165, 1.54) is 12.1 Å². The van der Waals surface area contributed by atoms with E-state index in [1.54, 1.807) is 6.07 Å². The molecule has 0 bridgehead atoms. The number of benzene rings is 1. The summed E-state index contributed by atoms with van der Waals surface area (Å²) in [6.07, 6.45) is 3.02. The van der Waals surface area contributed by atoms with E-state index in [9.17, 15) is 4.39 Å². The Labute approximate surface area is 101 Å². The van der Waals surface area contributed by atoms with E-state index in [4.69, 9.17) is 17.3 Å². The van der Waals surface area contributed by atoms with Gasteiger partial charge in [0.2, 0.25) is 0 Å². The maximum atomic E-state index is 13.0. The third-order valence-electron chi connectivity index (χ3n) is 2.18. The molecule has 0 fully saturated rings. The van der Waals surface area contributed by atoms with Gasteiger partial charge in [0.25, 0.3) is 0 Å². The second-order valence-electron chi connectivity index (χ2n) is 3.45. The van der Waals surface area contributed by atoms with Crippen LogP contribution in [0.15, 0.2) is 18.2 Å². The van der Waals surface area contributed by atoms with Gasteiger partial charge in [-0.25, -0.2) is 4.39 Å². The van der Waals surface area contributed by atoms with Crippen molar-refractivity contribution < 1.29 is 4.39 Å². The highest BCUT2D eigenvalue weighted by Crippen LogP contribution is 2.21. The van der Waals surface area contributed by atoms with Gasteiger partial charge in [0.05, 0.1) is 0 Å². The molecule has 1 aromatic carbocycles. The van der Waals surface area contributed by atoms with Crippen LogP contribution in [0.3, 0.4) is 0 Å². The summed E-state index contributed by atoms with van der Waals surface area (Å²) >= 11 is 5.73. The van der Waals surface area contributed by atoms with Gasteiger partial charge in [-0.1, -0.05) is 31.4 Å². The van der Waals surface area contributed by atoms with E-state index in [0.717, 1.165) is 24.8 Å². The molecular formula is C11H16Cl2FN. The van der Waals surface area contributed by atoms with Crippen molar-refractivity contribution in [1.29, 1.82) is 0 Å².